The van der Waals surface area contributed by atoms with Crippen LogP contribution in [0.25, 0.3) is 0 Å². The molecule has 0 saturated heterocycles. The zero-order valence-electron chi connectivity index (χ0n) is 15.9. The van der Waals surface area contributed by atoms with Crippen LogP contribution in [0.4, 0.5) is 5.69 Å². The van der Waals surface area contributed by atoms with E-state index in [4.69, 9.17) is 10.5 Å². The Labute approximate surface area is 164 Å². The highest BCUT2D eigenvalue weighted by atomic mass is 32.2. The molecule has 0 radical (unpaired) electrons. The number of nitrogens with one attached hydrogen (secondary N) is 2. The van der Waals surface area contributed by atoms with Crippen LogP contribution in [0.3, 0.4) is 0 Å². The van der Waals surface area contributed by atoms with Gasteiger partial charge in [-0.2, -0.15) is 0 Å². The van der Waals surface area contributed by atoms with E-state index in [0.717, 1.165) is 5.56 Å². The smallest absolute Gasteiger partial charge is 0.255 e. The van der Waals surface area contributed by atoms with Crippen molar-refractivity contribution < 1.29 is 22.7 Å². The third-order valence-electron chi connectivity index (χ3n) is 3.70. The second kappa shape index (κ2) is 8.85. The van der Waals surface area contributed by atoms with Gasteiger partial charge in [-0.15, -0.1) is 0 Å². The van der Waals surface area contributed by atoms with Crippen molar-refractivity contribution in [2.24, 2.45) is 5.73 Å². The molecule has 0 aliphatic carbocycles. The highest BCUT2D eigenvalue weighted by molar-refractivity contribution is 7.89. The van der Waals surface area contributed by atoms with Crippen molar-refractivity contribution in [2.45, 2.75) is 31.2 Å². The Morgan fingerprint density at radius 3 is 2.29 bits per heavy atom. The summed E-state index contributed by atoms with van der Waals surface area (Å²) in [6, 6.07) is 10.5. The predicted molar refractivity (Wildman–Crippen MR) is 106 cm³/mol. The van der Waals surface area contributed by atoms with Gasteiger partial charge in [-0.1, -0.05) is 12.1 Å². The Balaban J connectivity index is 2.26. The van der Waals surface area contributed by atoms with Gasteiger partial charge < -0.3 is 15.8 Å². The summed E-state index contributed by atoms with van der Waals surface area (Å²) in [6.45, 7) is 3.39. The molecule has 4 N–H and O–H groups in total. The SMILES string of the molecule is COc1ccc(C(=O)Nc2ccc(CC(N)=O)cc2)cc1S(=O)(=O)NC(C)C. The first-order valence-electron chi connectivity index (χ1n) is 8.51. The minimum atomic E-state index is -3.85. The summed E-state index contributed by atoms with van der Waals surface area (Å²) in [5, 5.41) is 2.68. The number of ether oxygens (including phenoxy) is 1. The number of carbonyl (C=O) groups excluding carboxylic acids is 2. The molecule has 0 aromatic heterocycles. The number of primary amides is 1. The van der Waals surface area contributed by atoms with Crippen LogP contribution in [0.5, 0.6) is 5.75 Å². The lowest BCUT2D eigenvalue weighted by atomic mass is 10.1. The van der Waals surface area contributed by atoms with Gasteiger partial charge in [-0.05, 0) is 49.7 Å². The number of carbonyl (C=O) groups is 2. The van der Waals surface area contributed by atoms with Crippen LogP contribution < -0.4 is 20.5 Å². The van der Waals surface area contributed by atoms with Crippen molar-refractivity contribution in [3.05, 3.63) is 53.6 Å². The number of rotatable bonds is 8. The topological polar surface area (TPSA) is 128 Å². The Morgan fingerprint density at radius 1 is 1.11 bits per heavy atom. The molecule has 0 heterocycles. The lowest BCUT2D eigenvalue weighted by Gasteiger charge is -2.14. The Morgan fingerprint density at radius 2 is 1.75 bits per heavy atom. The second-order valence-electron chi connectivity index (χ2n) is 6.44. The molecule has 0 atom stereocenters. The number of amides is 2. The van der Waals surface area contributed by atoms with E-state index in [1.54, 1.807) is 38.1 Å². The summed E-state index contributed by atoms with van der Waals surface area (Å²) in [5.41, 5.74) is 6.53. The Kier molecular flexibility index (Phi) is 6.76. The van der Waals surface area contributed by atoms with Gasteiger partial charge in [0.25, 0.3) is 5.91 Å². The molecule has 0 aliphatic rings. The molecule has 8 nitrogen and oxygen atoms in total. The fourth-order valence-corrected chi connectivity index (χ4v) is 3.96. The lowest BCUT2D eigenvalue weighted by Crippen LogP contribution is -2.30. The van der Waals surface area contributed by atoms with Gasteiger partial charge in [0, 0.05) is 17.3 Å². The van der Waals surface area contributed by atoms with Crippen molar-refractivity contribution in [3.8, 4) is 5.75 Å². The maximum atomic E-state index is 12.5. The Bertz CT molecular complexity index is 970. The van der Waals surface area contributed by atoms with E-state index in [-0.39, 0.29) is 28.7 Å². The third-order valence-corrected chi connectivity index (χ3v) is 5.38. The predicted octanol–water partition coefficient (Wildman–Crippen LogP) is 1.66. The molecule has 28 heavy (non-hydrogen) atoms. The minimum absolute atomic E-state index is 0.108. The molecular weight excluding hydrogens is 382 g/mol. The quantitative estimate of drug-likeness (QED) is 0.615. The summed E-state index contributed by atoms with van der Waals surface area (Å²) in [5.74, 6) is -0.787. The largest absolute Gasteiger partial charge is 0.495 e. The van der Waals surface area contributed by atoms with E-state index in [1.165, 1.54) is 25.3 Å². The summed E-state index contributed by atoms with van der Waals surface area (Å²) >= 11 is 0. The van der Waals surface area contributed by atoms with Crippen molar-refractivity contribution in [3.63, 3.8) is 0 Å². The number of nitrogens with two attached hydrogens (primary N) is 1. The highest BCUT2D eigenvalue weighted by Crippen LogP contribution is 2.25. The number of sulfonamides is 1. The molecule has 2 amide bonds. The zero-order valence-corrected chi connectivity index (χ0v) is 16.7. The summed E-state index contributed by atoms with van der Waals surface area (Å²) in [6.07, 6.45) is 0.108. The van der Waals surface area contributed by atoms with Gasteiger partial charge in [-0.25, -0.2) is 13.1 Å². The highest BCUT2D eigenvalue weighted by Gasteiger charge is 2.22. The number of hydrogen-bond donors (Lipinski definition) is 3. The second-order valence-corrected chi connectivity index (χ2v) is 8.12. The van der Waals surface area contributed by atoms with E-state index < -0.39 is 21.8 Å². The van der Waals surface area contributed by atoms with Gasteiger partial charge in [0.15, 0.2) is 0 Å². The third kappa shape index (κ3) is 5.54. The van der Waals surface area contributed by atoms with E-state index in [0.29, 0.717) is 5.69 Å². The average Bonchev–Trinajstić information content (AvgIpc) is 2.61. The van der Waals surface area contributed by atoms with Gasteiger partial charge in [0.2, 0.25) is 15.9 Å². The fourth-order valence-electron chi connectivity index (χ4n) is 2.51. The number of anilines is 1. The zero-order chi connectivity index (χ0) is 20.9. The van der Waals surface area contributed by atoms with Crippen LogP contribution >= 0.6 is 0 Å². The molecule has 0 bridgehead atoms. The van der Waals surface area contributed by atoms with Crippen LogP contribution in [0.15, 0.2) is 47.4 Å². The molecule has 0 aliphatic heterocycles. The van der Waals surface area contributed by atoms with Crippen molar-refractivity contribution in [1.82, 2.24) is 4.72 Å². The first kappa shape index (κ1) is 21.4. The molecular formula is C19H23N3O5S. The number of hydrogen-bond acceptors (Lipinski definition) is 5. The fraction of sp³-hybridized carbons (Fsp3) is 0.263. The molecule has 0 fully saturated rings. The van der Waals surface area contributed by atoms with Crippen molar-refractivity contribution in [2.75, 3.05) is 12.4 Å². The van der Waals surface area contributed by atoms with E-state index >= 15 is 0 Å². The van der Waals surface area contributed by atoms with Crippen LogP contribution in [0.2, 0.25) is 0 Å². The first-order chi connectivity index (χ1) is 13.1. The molecule has 2 aromatic rings. The van der Waals surface area contributed by atoms with Crippen molar-refractivity contribution >= 4 is 27.5 Å². The maximum absolute atomic E-state index is 12.5. The molecule has 0 unspecified atom stereocenters. The van der Waals surface area contributed by atoms with E-state index in [2.05, 4.69) is 10.0 Å². The summed E-state index contributed by atoms with van der Waals surface area (Å²) in [7, 11) is -2.49. The maximum Gasteiger partial charge on any atom is 0.255 e. The summed E-state index contributed by atoms with van der Waals surface area (Å²) in [4.78, 5) is 23.4. The number of benzene rings is 2. The molecule has 0 saturated carbocycles. The Hall–Kier alpha value is -2.91. The monoisotopic (exact) mass is 405 g/mol. The van der Waals surface area contributed by atoms with Gasteiger partial charge >= 0.3 is 0 Å². The van der Waals surface area contributed by atoms with Gasteiger partial charge in [0.1, 0.15) is 10.6 Å². The van der Waals surface area contributed by atoms with Crippen LogP contribution in [0, 0.1) is 0 Å². The molecule has 0 spiro atoms. The van der Waals surface area contributed by atoms with E-state index in [1.807, 2.05) is 0 Å². The van der Waals surface area contributed by atoms with Crippen molar-refractivity contribution in [1.29, 1.82) is 0 Å². The minimum Gasteiger partial charge on any atom is -0.495 e. The van der Waals surface area contributed by atoms with Crippen LogP contribution in [0.1, 0.15) is 29.8 Å². The van der Waals surface area contributed by atoms with E-state index in [9.17, 15) is 18.0 Å². The first-order valence-corrected chi connectivity index (χ1v) is 9.99. The average molecular weight is 405 g/mol. The summed E-state index contributed by atoms with van der Waals surface area (Å²) < 4.78 is 32.6. The number of methoxy groups -OCH3 is 1. The standard InChI is InChI=1S/C19H23N3O5S/c1-12(2)22-28(25,26)17-11-14(6-9-16(17)27-3)19(24)21-15-7-4-13(5-8-15)10-18(20)23/h4-9,11-12,22H,10H2,1-3H3,(H2,20,23)(H,21,24). The van der Waals surface area contributed by atoms with Gasteiger partial charge in [-0.3, -0.25) is 9.59 Å². The van der Waals surface area contributed by atoms with Crippen LogP contribution in [-0.4, -0.2) is 33.4 Å². The van der Waals surface area contributed by atoms with Crippen LogP contribution in [-0.2, 0) is 21.2 Å². The lowest BCUT2D eigenvalue weighted by molar-refractivity contribution is -0.117. The molecule has 2 rings (SSSR count). The molecule has 2 aromatic carbocycles. The molecule has 9 heteroatoms. The van der Waals surface area contributed by atoms with Gasteiger partial charge in [0.05, 0.1) is 13.5 Å². The normalized spacial score (nSPS) is 11.3. The molecule has 150 valence electrons.